The normalized spacial score (nSPS) is 12.4. The molecule has 0 aliphatic carbocycles. The molecule has 2 aromatic carbocycles. The highest BCUT2D eigenvalue weighted by Crippen LogP contribution is 2.28. The van der Waals surface area contributed by atoms with E-state index in [-0.39, 0.29) is 0 Å². The fraction of sp³-hybridized carbons (Fsp3) is 0.500. The van der Waals surface area contributed by atoms with Crippen LogP contribution in [0.2, 0.25) is 50.4 Å². The van der Waals surface area contributed by atoms with Gasteiger partial charge >= 0.3 is 0 Å². The van der Waals surface area contributed by atoms with Gasteiger partial charge in [0, 0.05) is 27.9 Å². The molecule has 0 aliphatic rings. The van der Waals surface area contributed by atoms with E-state index in [1.807, 2.05) is 0 Å². The van der Waals surface area contributed by atoms with E-state index in [0.29, 0.717) is 11.8 Å². The molecule has 0 radical (unpaired) electrons. The van der Waals surface area contributed by atoms with Crippen LogP contribution in [0, 0.1) is 0 Å². The van der Waals surface area contributed by atoms with Crippen LogP contribution in [-0.2, 0) is 24.6 Å². The lowest BCUT2D eigenvalue weighted by Gasteiger charge is -2.29. The molecule has 0 amide bonds. The van der Waals surface area contributed by atoms with E-state index in [9.17, 15) is 0 Å². The molecule has 0 saturated heterocycles. The van der Waals surface area contributed by atoms with Crippen molar-refractivity contribution >= 4 is 39.3 Å². The summed E-state index contributed by atoms with van der Waals surface area (Å²) in [7, 11) is -2.29. The van der Waals surface area contributed by atoms with Crippen LogP contribution in [0.4, 0.5) is 0 Å². The summed E-state index contributed by atoms with van der Waals surface area (Å²) in [5.41, 5.74) is 5.36. The maximum absolute atomic E-state index is 5.90. The van der Waals surface area contributed by atoms with Crippen LogP contribution < -0.4 is 0 Å². The molecule has 2 rings (SSSR count). The number of alkyl halides is 2. The fourth-order valence-electron chi connectivity index (χ4n) is 3.48. The van der Waals surface area contributed by atoms with Crippen molar-refractivity contribution in [2.45, 2.75) is 75.0 Å². The van der Waals surface area contributed by atoms with E-state index in [1.165, 1.54) is 59.3 Å². The summed E-state index contributed by atoms with van der Waals surface area (Å²) in [4.78, 5) is 0. The van der Waals surface area contributed by atoms with E-state index in [4.69, 9.17) is 23.2 Å². The second-order valence-corrected chi connectivity index (χ2v) is 20.9. The first kappa shape index (κ1) is 23.7. The van der Waals surface area contributed by atoms with Crippen molar-refractivity contribution in [3.05, 3.63) is 70.8 Å². The first-order chi connectivity index (χ1) is 13.2. The largest absolute Gasteiger partial charge is 0.122 e. The monoisotopic (exact) mass is 450 g/mol. The lowest BCUT2D eigenvalue weighted by atomic mass is 10.1. The molecule has 0 N–H and O–H groups in total. The average Bonchev–Trinajstić information content (AvgIpc) is 2.70. The minimum Gasteiger partial charge on any atom is -0.122 e. The summed E-state index contributed by atoms with van der Waals surface area (Å²) in [6, 6.07) is 23.4. The van der Waals surface area contributed by atoms with Crippen LogP contribution in [0.1, 0.15) is 22.3 Å². The van der Waals surface area contributed by atoms with Crippen LogP contribution in [0.5, 0.6) is 0 Å². The quantitative estimate of drug-likeness (QED) is 0.238. The van der Waals surface area contributed by atoms with Gasteiger partial charge in [0.05, 0.1) is 0 Å². The van der Waals surface area contributed by atoms with Crippen molar-refractivity contribution in [3.63, 3.8) is 0 Å². The van der Waals surface area contributed by atoms with Gasteiger partial charge in [-0.05, 0) is 35.1 Å². The molecule has 0 saturated carbocycles. The summed E-state index contributed by atoms with van der Waals surface area (Å²) in [5.74, 6) is 1.22. The molecule has 0 atom stereocenters. The van der Waals surface area contributed by atoms with Gasteiger partial charge in [-0.15, -0.1) is 23.2 Å². The van der Waals surface area contributed by atoms with Gasteiger partial charge in [0.2, 0.25) is 0 Å². The third kappa shape index (κ3) is 8.45. The number of rotatable bonds is 11. The van der Waals surface area contributed by atoms with E-state index >= 15 is 0 Å². The van der Waals surface area contributed by atoms with Crippen LogP contribution in [0.25, 0.3) is 0 Å². The molecule has 4 heteroatoms. The molecule has 0 aliphatic heterocycles. The highest BCUT2D eigenvalue weighted by atomic mass is 35.5. The third-order valence-corrected chi connectivity index (χ3v) is 13.5. The lowest BCUT2D eigenvalue weighted by molar-refractivity contribution is 1.04. The predicted molar refractivity (Wildman–Crippen MR) is 134 cm³/mol. The van der Waals surface area contributed by atoms with Gasteiger partial charge in [-0.25, -0.2) is 0 Å². The first-order valence-corrected chi connectivity index (χ1v) is 18.4. The Kier molecular flexibility index (Phi) is 9.33. The van der Waals surface area contributed by atoms with Gasteiger partial charge < -0.3 is 0 Å². The number of aryl methyl sites for hydroxylation is 2. The van der Waals surface area contributed by atoms with Crippen molar-refractivity contribution < 1.29 is 0 Å². The zero-order valence-electron chi connectivity index (χ0n) is 18.0. The number of benzene rings is 2. The molecule has 0 fully saturated rings. The van der Waals surface area contributed by atoms with E-state index in [0.717, 1.165) is 0 Å². The number of halogens is 2. The van der Waals surface area contributed by atoms with E-state index < -0.39 is 16.1 Å². The van der Waals surface area contributed by atoms with Gasteiger partial charge in [0.1, 0.15) is 0 Å². The zero-order chi connectivity index (χ0) is 20.6. The van der Waals surface area contributed by atoms with Gasteiger partial charge in [-0.2, -0.15) is 0 Å². The molecule has 0 nitrogen and oxygen atoms in total. The SMILES string of the molecule is C[Si](C)(CCc1ccc(CCl)cc1)CC[Si](C)(C)CCc1ccc(CCl)cc1. The summed E-state index contributed by atoms with van der Waals surface area (Å²) in [5, 5.41) is 0. The molecule has 0 bridgehead atoms. The Labute approximate surface area is 184 Å². The first-order valence-electron chi connectivity index (χ1n) is 10.5. The van der Waals surface area contributed by atoms with Crippen molar-refractivity contribution in [2.75, 3.05) is 0 Å². The Hall–Kier alpha value is -0.546. The summed E-state index contributed by atoms with van der Waals surface area (Å²) in [6.45, 7) is 10.3. The Morgan fingerprint density at radius 3 is 1.07 bits per heavy atom. The maximum atomic E-state index is 5.90. The molecule has 0 heterocycles. The van der Waals surface area contributed by atoms with Crippen LogP contribution in [0.15, 0.2) is 48.5 Å². The minimum absolute atomic E-state index is 0.608. The van der Waals surface area contributed by atoms with Crippen LogP contribution >= 0.6 is 23.2 Å². The van der Waals surface area contributed by atoms with Gasteiger partial charge in [-0.3, -0.25) is 0 Å². The molecular formula is C24H36Cl2Si2. The topological polar surface area (TPSA) is 0 Å². The zero-order valence-corrected chi connectivity index (χ0v) is 21.5. The highest BCUT2D eigenvalue weighted by molar-refractivity contribution is 6.82. The Bertz CT molecular complexity index is 643. The van der Waals surface area contributed by atoms with Crippen molar-refractivity contribution in [1.82, 2.24) is 0 Å². The summed E-state index contributed by atoms with van der Waals surface area (Å²) in [6.07, 6.45) is 2.44. The Balaban J connectivity index is 1.78. The van der Waals surface area contributed by atoms with E-state index in [2.05, 4.69) is 74.7 Å². The maximum Gasteiger partial charge on any atom is 0.0474 e. The molecule has 0 aromatic heterocycles. The molecule has 28 heavy (non-hydrogen) atoms. The molecule has 0 spiro atoms. The van der Waals surface area contributed by atoms with Crippen LogP contribution in [0.3, 0.4) is 0 Å². The second-order valence-electron chi connectivity index (χ2n) is 9.73. The van der Waals surface area contributed by atoms with Crippen molar-refractivity contribution in [2.24, 2.45) is 0 Å². The van der Waals surface area contributed by atoms with Crippen molar-refractivity contribution in [1.29, 1.82) is 0 Å². The lowest BCUT2D eigenvalue weighted by Crippen LogP contribution is -2.33. The Morgan fingerprint density at radius 2 is 0.786 bits per heavy atom. The molecule has 154 valence electrons. The minimum atomic E-state index is -1.14. The summed E-state index contributed by atoms with van der Waals surface area (Å²) >= 11 is 11.8. The van der Waals surface area contributed by atoms with Gasteiger partial charge in [-0.1, -0.05) is 98.9 Å². The standard InChI is InChI=1S/C24H36Cl2Si2/c1-27(2,15-13-21-5-9-23(19-25)10-6-21)17-18-28(3,4)16-14-22-7-11-24(20-26)12-8-22/h5-12H,13-20H2,1-4H3. The molecular weight excluding hydrogens is 415 g/mol. The second kappa shape index (κ2) is 11.0. The third-order valence-electron chi connectivity index (χ3n) is 6.01. The van der Waals surface area contributed by atoms with Crippen molar-refractivity contribution in [3.8, 4) is 0 Å². The molecule has 2 aromatic rings. The van der Waals surface area contributed by atoms with Gasteiger partial charge in [0.25, 0.3) is 0 Å². The average molecular weight is 452 g/mol. The Morgan fingerprint density at radius 1 is 0.500 bits per heavy atom. The number of hydrogen-bond donors (Lipinski definition) is 0. The van der Waals surface area contributed by atoms with E-state index in [1.54, 1.807) is 0 Å². The highest BCUT2D eigenvalue weighted by Gasteiger charge is 2.27. The smallest absolute Gasteiger partial charge is 0.0474 e. The van der Waals surface area contributed by atoms with Crippen LogP contribution in [-0.4, -0.2) is 16.1 Å². The number of hydrogen-bond acceptors (Lipinski definition) is 0. The summed E-state index contributed by atoms with van der Waals surface area (Å²) < 4.78 is 0. The predicted octanol–water partition coefficient (Wildman–Crippen LogP) is 8.37. The molecule has 0 unspecified atom stereocenters. The van der Waals surface area contributed by atoms with Gasteiger partial charge in [0.15, 0.2) is 0 Å². The fourth-order valence-corrected chi connectivity index (χ4v) is 11.7.